The van der Waals surface area contributed by atoms with E-state index in [9.17, 15) is 0 Å². The highest BCUT2D eigenvalue weighted by atomic mass is 16.3. The fraction of sp³-hybridized carbons (Fsp3) is 0. The number of furan rings is 1. The van der Waals surface area contributed by atoms with Crippen LogP contribution in [0.5, 0.6) is 0 Å². The Bertz CT molecular complexity index is 3380. The number of aromatic nitrogens is 5. The Kier molecular flexibility index (Phi) is 6.24. The van der Waals surface area contributed by atoms with Gasteiger partial charge in [0.1, 0.15) is 11.2 Å². The second kappa shape index (κ2) is 11.5. The zero-order valence-electron chi connectivity index (χ0n) is 29.4. The zero-order chi connectivity index (χ0) is 36.0. The summed E-state index contributed by atoms with van der Waals surface area (Å²) in [6, 6.07) is 61.3. The van der Waals surface area contributed by atoms with Crippen LogP contribution in [0.15, 0.2) is 180 Å². The van der Waals surface area contributed by atoms with Gasteiger partial charge < -0.3 is 8.98 Å². The summed E-state index contributed by atoms with van der Waals surface area (Å²) in [5.41, 5.74) is 8.83. The molecule has 55 heavy (non-hydrogen) atoms. The molecule has 0 aliphatic rings. The molecular formula is C49H29N5O. The van der Waals surface area contributed by atoms with Crippen LogP contribution in [-0.4, -0.2) is 24.1 Å². The van der Waals surface area contributed by atoms with Crippen molar-refractivity contribution in [1.29, 1.82) is 0 Å². The maximum atomic E-state index is 6.97. The second-order valence-electron chi connectivity index (χ2n) is 14.0. The minimum Gasteiger partial charge on any atom is -0.455 e. The first kappa shape index (κ1) is 29.9. The van der Waals surface area contributed by atoms with Crippen LogP contribution in [0.1, 0.15) is 0 Å². The van der Waals surface area contributed by atoms with Gasteiger partial charge in [0.2, 0.25) is 5.95 Å². The van der Waals surface area contributed by atoms with Gasteiger partial charge in [-0.1, -0.05) is 127 Å². The van der Waals surface area contributed by atoms with Crippen LogP contribution in [-0.2, 0) is 0 Å². The Morgan fingerprint density at radius 1 is 0.364 bits per heavy atom. The molecule has 0 aliphatic heterocycles. The number of para-hydroxylation sites is 2. The molecule has 6 nitrogen and oxygen atoms in total. The van der Waals surface area contributed by atoms with Crippen molar-refractivity contribution >= 4 is 76.3 Å². The fourth-order valence-corrected chi connectivity index (χ4v) is 8.50. The molecule has 0 radical (unpaired) electrons. The van der Waals surface area contributed by atoms with Crippen molar-refractivity contribution in [2.24, 2.45) is 0 Å². The molecule has 0 spiro atoms. The Labute approximate surface area is 314 Å². The number of hydrogen-bond acceptors (Lipinski definition) is 4. The Morgan fingerprint density at radius 3 is 1.62 bits per heavy atom. The second-order valence-corrected chi connectivity index (χ2v) is 14.0. The first-order chi connectivity index (χ1) is 27.3. The molecule has 4 aromatic heterocycles. The number of nitrogens with zero attached hydrogens (tertiary/aromatic N) is 5. The highest BCUT2D eigenvalue weighted by molar-refractivity contribution is 6.26. The molecule has 12 aromatic rings. The summed E-state index contributed by atoms with van der Waals surface area (Å²) < 4.78 is 11.5. The lowest BCUT2D eigenvalue weighted by atomic mass is 10.0. The van der Waals surface area contributed by atoms with E-state index in [4.69, 9.17) is 19.4 Å². The lowest BCUT2D eigenvalue weighted by Crippen LogP contribution is -2.06. The van der Waals surface area contributed by atoms with Crippen LogP contribution in [0.25, 0.3) is 111 Å². The van der Waals surface area contributed by atoms with E-state index in [1.807, 2.05) is 60.7 Å². The van der Waals surface area contributed by atoms with Gasteiger partial charge in [-0.05, 0) is 53.9 Å². The lowest BCUT2D eigenvalue weighted by Gasteiger charge is -2.12. The van der Waals surface area contributed by atoms with Crippen LogP contribution >= 0.6 is 0 Å². The maximum Gasteiger partial charge on any atom is 0.238 e. The molecular weight excluding hydrogens is 675 g/mol. The molecule has 0 saturated heterocycles. The molecule has 8 aromatic carbocycles. The summed E-state index contributed by atoms with van der Waals surface area (Å²) in [5.74, 6) is 1.75. The summed E-state index contributed by atoms with van der Waals surface area (Å²) in [6.45, 7) is 0. The predicted molar refractivity (Wildman–Crippen MR) is 224 cm³/mol. The van der Waals surface area contributed by atoms with Crippen molar-refractivity contribution in [1.82, 2.24) is 24.1 Å². The quantitative estimate of drug-likeness (QED) is 0.183. The summed E-state index contributed by atoms with van der Waals surface area (Å²) in [5, 5.41) is 8.91. The van der Waals surface area contributed by atoms with E-state index >= 15 is 0 Å². The Morgan fingerprint density at radius 2 is 0.927 bits per heavy atom. The Balaban J connectivity index is 1.22. The minimum absolute atomic E-state index is 0.535. The van der Waals surface area contributed by atoms with Crippen molar-refractivity contribution < 1.29 is 4.42 Å². The lowest BCUT2D eigenvalue weighted by molar-refractivity contribution is 0.676. The molecule has 0 fully saturated rings. The molecule has 0 amide bonds. The van der Waals surface area contributed by atoms with E-state index in [1.54, 1.807) is 0 Å². The van der Waals surface area contributed by atoms with Gasteiger partial charge in [-0.15, -0.1) is 0 Å². The number of hydrogen-bond donors (Lipinski definition) is 0. The smallest absolute Gasteiger partial charge is 0.238 e. The molecule has 256 valence electrons. The van der Waals surface area contributed by atoms with Crippen LogP contribution in [0.2, 0.25) is 0 Å². The van der Waals surface area contributed by atoms with Crippen molar-refractivity contribution in [3.8, 4) is 34.4 Å². The van der Waals surface area contributed by atoms with Gasteiger partial charge >= 0.3 is 0 Å². The molecule has 12 rings (SSSR count). The third-order valence-corrected chi connectivity index (χ3v) is 11.0. The van der Waals surface area contributed by atoms with Gasteiger partial charge in [0.05, 0.1) is 27.5 Å². The maximum absolute atomic E-state index is 6.97. The van der Waals surface area contributed by atoms with E-state index in [-0.39, 0.29) is 0 Å². The van der Waals surface area contributed by atoms with Gasteiger partial charge in [-0.3, -0.25) is 4.57 Å². The van der Waals surface area contributed by atoms with E-state index in [2.05, 4.69) is 124 Å². The van der Waals surface area contributed by atoms with Crippen LogP contribution in [0.3, 0.4) is 0 Å². The first-order valence-electron chi connectivity index (χ1n) is 18.5. The molecule has 0 saturated carbocycles. The zero-order valence-corrected chi connectivity index (χ0v) is 29.4. The SMILES string of the molecule is c1ccc(-c2nc(-c3ccccc3)nc(-n3c4cc(-n5c6ccccc6c6ccccc65)ccc4c4c5oc6c7ccccc7ccc6c5ccc43)n2)cc1. The first-order valence-corrected chi connectivity index (χ1v) is 18.5. The van der Waals surface area contributed by atoms with Crippen molar-refractivity contribution in [3.63, 3.8) is 0 Å². The van der Waals surface area contributed by atoms with E-state index in [0.29, 0.717) is 17.6 Å². The molecule has 0 aliphatic carbocycles. The minimum atomic E-state index is 0.535. The van der Waals surface area contributed by atoms with E-state index < -0.39 is 0 Å². The van der Waals surface area contributed by atoms with Crippen molar-refractivity contribution in [3.05, 3.63) is 176 Å². The topological polar surface area (TPSA) is 61.7 Å². The molecule has 6 heteroatoms. The van der Waals surface area contributed by atoms with Crippen molar-refractivity contribution in [2.75, 3.05) is 0 Å². The summed E-state index contributed by atoms with van der Waals surface area (Å²) in [4.78, 5) is 15.5. The Hall–Kier alpha value is -7.57. The summed E-state index contributed by atoms with van der Waals surface area (Å²) in [7, 11) is 0. The van der Waals surface area contributed by atoms with Gasteiger partial charge in [-0.25, -0.2) is 4.98 Å². The average Bonchev–Trinajstić information content (AvgIpc) is 3.92. The molecule has 0 unspecified atom stereocenters. The molecule has 4 heterocycles. The highest BCUT2D eigenvalue weighted by Crippen LogP contribution is 2.43. The van der Waals surface area contributed by atoms with Gasteiger partial charge in [0.15, 0.2) is 11.6 Å². The molecule has 0 N–H and O–H groups in total. The van der Waals surface area contributed by atoms with Crippen LogP contribution in [0, 0.1) is 0 Å². The van der Waals surface area contributed by atoms with Gasteiger partial charge in [0.25, 0.3) is 0 Å². The van der Waals surface area contributed by atoms with Crippen LogP contribution in [0.4, 0.5) is 0 Å². The molecule has 0 atom stereocenters. The summed E-state index contributed by atoms with van der Waals surface area (Å²) in [6.07, 6.45) is 0. The third-order valence-electron chi connectivity index (χ3n) is 11.0. The van der Waals surface area contributed by atoms with Gasteiger partial charge in [-0.2, -0.15) is 9.97 Å². The number of fused-ring (bicyclic) bond motifs is 12. The van der Waals surface area contributed by atoms with E-state index in [1.165, 1.54) is 10.8 Å². The predicted octanol–water partition coefficient (Wildman–Crippen LogP) is 12.5. The van der Waals surface area contributed by atoms with Crippen LogP contribution < -0.4 is 0 Å². The number of benzene rings is 8. The normalized spacial score (nSPS) is 12.0. The fourth-order valence-electron chi connectivity index (χ4n) is 8.50. The highest BCUT2D eigenvalue weighted by Gasteiger charge is 2.23. The number of rotatable bonds is 4. The monoisotopic (exact) mass is 703 g/mol. The van der Waals surface area contributed by atoms with E-state index in [0.717, 1.165) is 82.4 Å². The molecule has 0 bridgehead atoms. The van der Waals surface area contributed by atoms with Gasteiger partial charge in [0, 0.05) is 49.1 Å². The van der Waals surface area contributed by atoms with Crippen molar-refractivity contribution in [2.45, 2.75) is 0 Å². The standard InChI is InChI=1S/C49H29N5O/c1-3-14-31(15-4-1)47-50-48(32-16-5-2-6-17-32)52-49(51-47)54-42-28-27-38-37-25-23-30-13-7-8-18-34(30)45(37)55-46(38)44(42)39-26-24-33(29-43(39)54)53-40-21-11-9-19-35(40)36-20-10-12-22-41(36)53/h1-29H. The largest absolute Gasteiger partial charge is 0.455 e. The summed E-state index contributed by atoms with van der Waals surface area (Å²) >= 11 is 0. The third kappa shape index (κ3) is 4.39. The average molecular weight is 704 g/mol.